The number of rotatable bonds is 3. The first-order chi connectivity index (χ1) is 6.07. The number of amides is 1. The molecular formula is C8H12N2O3. The van der Waals surface area contributed by atoms with E-state index < -0.39 is 17.8 Å². The number of hydrogen-bond donors (Lipinski definition) is 1. The maximum Gasteiger partial charge on any atom is 0.321 e. The van der Waals surface area contributed by atoms with Crippen LogP contribution in [-0.4, -0.2) is 34.2 Å². The normalized spacial score (nSPS) is 23.7. The number of hydrogen-bond acceptors (Lipinski definition) is 3. The Hall–Kier alpha value is -1.39. The van der Waals surface area contributed by atoms with Crippen LogP contribution in [0.15, 0.2) is 5.10 Å². The number of carbonyl (C=O) groups excluding carboxylic acids is 1. The summed E-state index contributed by atoms with van der Waals surface area (Å²) in [7, 11) is 0. The Balaban J connectivity index is 2.72. The fraction of sp³-hybridized carbons (Fsp3) is 0.625. The van der Waals surface area contributed by atoms with Gasteiger partial charge in [-0.3, -0.25) is 9.59 Å². The van der Waals surface area contributed by atoms with Gasteiger partial charge in [-0.05, 0) is 13.3 Å². The lowest BCUT2D eigenvalue weighted by Crippen LogP contribution is -2.36. The minimum atomic E-state index is -1.14. The summed E-state index contributed by atoms with van der Waals surface area (Å²) in [6.07, 6.45) is 1.94. The van der Waals surface area contributed by atoms with Crippen molar-refractivity contribution in [2.75, 3.05) is 0 Å². The molecule has 2 atom stereocenters. The molecule has 0 bridgehead atoms. The van der Waals surface area contributed by atoms with Crippen molar-refractivity contribution in [3.05, 3.63) is 0 Å². The lowest BCUT2D eigenvalue weighted by atomic mass is 10.1. The van der Waals surface area contributed by atoms with Gasteiger partial charge < -0.3 is 5.11 Å². The van der Waals surface area contributed by atoms with Crippen molar-refractivity contribution in [2.45, 2.75) is 26.3 Å². The highest BCUT2D eigenvalue weighted by molar-refractivity contribution is 6.12. The van der Waals surface area contributed by atoms with E-state index in [-0.39, 0.29) is 6.04 Å². The Labute approximate surface area is 76.0 Å². The van der Waals surface area contributed by atoms with Gasteiger partial charge >= 0.3 is 5.97 Å². The molecule has 1 amide bonds. The molecule has 1 aliphatic rings. The summed E-state index contributed by atoms with van der Waals surface area (Å²) in [4.78, 5) is 21.9. The van der Waals surface area contributed by atoms with E-state index in [0.717, 1.165) is 6.42 Å². The van der Waals surface area contributed by atoms with Crippen LogP contribution in [0.1, 0.15) is 20.3 Å². The Bertz CT molecular complexity index is 262. The Morgan fingerprint density at radius 2 is 2.46 bits per heavy atom. The SMILES string of the molecule is CCC(C)N1N=CC(C(=O)O)C1=O. The van der Waals surface area contributed by atoms with E-state index in [4.69, 9.17) is 5.11 Å². The topological polar surface area (TPSA) is 70.0 Å². The fourth-order valence-corrected chi connectivity index (χ4v) is 1.08. The van der Waals surface area contributed by atoms with Crippen LogP contribution in [0.4, 0.5) is 0 Å². The van der Waals surface area contributed by atoms with Gasteiger partial charge in [0.15, 0.2) is 5.92 Å². The molecular weight excluding hydrogens is 172 g/mol. The van der Waals surface area contributed by atoms with Gasteiger partial charge in [0.05, 0.1) is 6.04 Å². The summed E-state index contributed by atoms with van der Waals surface area (Å²) in [5.74, 6) is -2.67. The molecule has 1 heterocycles. The Kier molecular flexibility index (Phi) is 2.65. The van der Waals surface area contributed by atoms with Gasteiger partial charge in [0.25, 0.3) is 5.91 Å². The maximum atomic E-state index is 11.4. The van der Waals surface area contributed by atoms with Gasteiger partial charge in [0.1, 0.15) is 0 Å². The molecule has 0 saturated heterocycles. The first kappa shape index (κ1) is 9.70. The van der Waals surface area contributed by atoms with Crippen LogP contribution < -0.4 is 0 Å². The monoisotopic (exact) mass is 184 g/mol. The smallest absolute Gasteiger partial charge is 0.321 e. The van der Waals surface area contributed by atoms with Crippen LogP contribution in [0, 0.1) is 5.92 Å². The van der Waals surface area contributed by atoms with E-state index in [1.54, 1.807) is 0 Å². The van der Waals surface area contributed by atoms with Gasteiger partial charge in [-0.1, -0.05) is 6.92 Å². The average Bonchev–Trinajstić information content (AvgIpc) is 2.46. The molecule has 1 rings (SSSR count). The second-order valence-corrected chi connectivity index (χ2v) is 3.02. The van der Waals surface area contributed by atoms with Crippen LogP contribution in [0.2, 0.25) is 0 Å². The van der Waals surface area contributed by atoms with Gasteiger partial charge in [-0.15, -0.1) is 0 Å². The Morgan fingerprint density at radius 1 is 1.85 bits per heavy atom. The van der Waals surface area contributed by atoms with Crippen molar-refractivity contribution < 1.29 is 14.7 Å². The highest BCUT2D eigenvalue weighted by atomic mass is 16.4. The van der Waals surface area contributed by atoms with Crippen molar-refractivity contribution in [3.8, 4) is 0 Å². The molecule has 72 valence electrons. The van der Waals surface area contributed by atoms with Gasteiger partial charge in [0.2, 0.25) is 0 Å². The standard InChI is InChI=1S/C8H12N2O3/c1-3-5(2)10-7(11)6(4-9-10)8(12)13/h4-6H,3H2,1-2H3,(H,12,13). The summed E-state index contributed by atoms with van der Waals surface area (Å²) >= 11 is 0. The van der Waals surface area contributed by atoms with E-state index in [9.17, 15) is 9.59 Å². The average molecular weight is 184 g/mol. The van der Waals surface area contributed by atoms with Crippen LogP contribution in [0.5, 0.6) is 0 Å². The largest absolute Gasteiger partial charge is 0.480 e. The zero-order valence-corrected chi connectivity index (χ0v) is 7.60. The second kappa shape index (κ2) is 3.55. The molecule has 0 fully saturated rings. The third kappa shape index (κ3) is 1.68. The van der Waals surface area contributed by atoms with E-state index in [0.29, 0.717) is 0 Å². The third-order valence-corrected chi connectivity index (χ3v) is 2.11. The van der Waals surface area contributed by atoms with Gasteiger partial charge in [-0.2, -0.15) is 5.10 Å². The summed E-state index contributed by atoms with van der Waals surface area (Å²) in [5, 5.41) is 13.6. The second-order valence-electron chi connectivity index (χ2n) is 3.02. The summed E-state index contributed by atoms with van der Waals surface area (Å²) in [5.41, 5.74) is 0. The van der Waals surface area contributed by atoms with Crippen LogP contribution in [0.25, 0.3) is 0 Å². The van der Waals surface area contributed by atoms with Crippen LogP contribution in [-0.2, 0) is 9.59 Å². The molecule has 0 aromatic carbocycles. The van der Waals surface area contributed by atoms with Crippen molar-refractivity contribution in [2.24, 2.45) is 11.0 Å². The first-order valence-corrected chi connectivity index (χ1v) is 4.18. The van der Waals surface area contributed by atoms with Crippen molar-refractivity contribution in [1.29, 1.82) is 0 Å². The lowest BCUT2D eigenvalue weighted by Gasteiger charge is -2.19. The van der Waals surface area contributed by atoms with Crippen molar-refractivity contribution >= 4 is 18.1 Å². The highest BCUT2D eigenvalue weighted by Gasteiger charge is 2.35. The number of carboxylic acid groups (broad SMARTS) is 1. The number of nitrogens with zero attached hydrogens (tertiary/aromatic N) is 2. The minimum Gasteiger partial charge on any atom is -0.480 e. The minimum absolute atomic E-state index is 0.0342. The molecule has 1 aliphatic heterocycles. The van der Waals surface area contributed by atoms with Gasteiger partial charge in [-0.25, -0.2) is 5.01 Å². The molecule has 2 unspecified atom stereocenters. The van der Waals surface area contributed by atoms with Gasteiger partial charge in [0, 0.05) is 6.21 Å². The molecule has 0 radical (unpaired) electrons. The molecule has 13 heavy (non-hydrogen) atoms. The quantitative estimate of drug-likeness (QED) is 0.642. The highest BCUT2D eigenvalue weighted by Crippen LogP contribution is 2.15. The maximum absolute atomic E-state index is 11.4. The Morgan fingerprint density at radius 3 is 2.85 bits per heavy atom. The summed E-state index contributed by atoms with van der Waals surface area (Å²) < 4.78 is 0. The third-order valence-electron chi connectivity index (χ3n) is 2.11. The zero-order valence-electron chi connectivity index (χ0n) is 7.60. The number of carboxylic acids is 1. The molecule has 0 aliphatic carbocycles. The molecule has 1 N–H and O–H groups in total. The predicted octanol–water partition coefficient (Wildman–Crippen LogP) is 0.314. The molecule has 5 nitrogen and oxygen atoms in total. The van der Waals surface area contributed by atoms with Crippen LogP contribution in [0.3, 0.4) is 0 Å². The number of carbonyl (C=O) groups is 2. The molecule has 0 saturated carbocycles. The van der Waals surface area contributed by atoms with E-state index in [1.165, 1.54) is 11.2 Å². The first-order valence-electron chi connectivity index (χ1n) is 4.18. The van der Waals surface area contributed by atoms with E-state index in [1.807, 2.05) is 13.8 Å². The van der Waals surface area contributed by atoms with Crippen molar-refractivity contribution in [1.82, 2.24) is 5.01 Å². The predicted molar refractivity (Wildman–Crippen MR) is 46.2 cm³/mol. The van der Waals surface area contributed by atoms with Crippen molar-refractivity contribution in [3.63, 3.8) is 0 Å². The summed E-state index contributed by atoms with van der Waals surface area (Å²) in [6.45, 7) is 3.75. The molecule has 0 aromatic rings. The van der Waals surface area contributed by atoms with E-state index in [2.05, 4.69) is 5.10 Å². The summed E-state index contributed by atoms with van der Waals surface area (Å²) in [6, 6.07) is -0.0342. The number of aliphatic carboxylic acids is 1. The molecule has 5 heteroatoms. The zero-order chi connectivity index (χ0) is 10.0. The van der Waals surface area contributed by atoms with Crippen LogP contribution >= 0.6 is 0 Å². The number of hydrazone groups is 1. The lowest BCUT2D eigenvalue weighted by molar-refractivity contribution is -0.147. The molecule has 0 aromatic heterocycles. The molecule has 0 spiro atoms. The van der Waals surface area contributed by atoms with E-state index >= 15 is 0 Å². The fourth-order valence-electron chi connectivity index (χ4n) is 1.08.